The van der Waals surface area contributed by atoms with E-state index in [1.165, 1.54) is 0 Å². The Morgan fingerprint density at radius 2 is 1.73 bits per heavy atom. The Balaban J connectivity index is 0. The maximum atomic E-state index is 9.77. The first-order chi connectivity index (χ1) is 4.60. The summed E-state index contributed by atoms with van der Waals surface area (Å²) in [7, 11) is 1.71. The van der Waals surface area contributed by atoms with Gasteiger partial charge in [-0.05, 0) is 19.8 Å². The summed E-state index contributed by atoms with van der Waals surface area (Å²) in [6, 6.07) is 0. The van der Waals surface area contributed by atoms with Crippen LogP contribution in [0.4, 0.5) is 0 Å². The molecule has 0 saturated carbocycles. The molecule has 0 aliphatic rings. The Morgan fingerprint density at radius 3 is 1.82 bits per heavy atom. The average Bonchev–Trinajstić information content (AvgIpc) is 2.01. The molecule has 0 rings (SSSR count). The van der Waals surface area contributed by atoms with Crippen molar-refractivity contribution in [3.05, 3.63) is 0 Å². The van der Waals surface area contributed by atoms with Crippen molar-refractivity contribution < 1.29 is 42.0 Å². The maximum Gasteiger partial charge on any atom is 0.101 e. The fourth-order valence-corrected chi connectivity index (χ4v) is 0.970. The molecule has 0 aromatic rings. The fourth-order valence-electron chi connectivity index (χ4n) is 0.970. The minimum atomic E-state index is -0.658. The molecule has 0 saturated heterocycles. The van der Waals surface area contributed by atoms with Crippen molar-refractivity contribution in [3.8, 4) is 0 Å². The topological polar surface area (TPSA) is 32.6 Å². The van der Waals surface area contributed by atoms with Gasteiger partial charge in [0.25, 0.3) is 0 Å². The Hall–Kier alpha value is 0.864. The summed E-state index contributed by atoms with van der Waals surface area (Å²) < 4.78 is 0. The summed E-state index contributed by atoms with van der Waals surface area (Å²) in [5.41, 5.74) is 0.173. The predicted molar refractivity (Wildman–Crippen MR) is 44.6 cm³/mol. The zero-order valence-corrected chi connectivity index (χ0v) is 9.37. The largest absolute Gasteiger partial charge is 0.384 e. The molecule has 3 heteroatoms. The van der Waals surface area contributed by atoms with Gasteiger partial charge in [0.05, 0.1) is 0 Å². The molecule has 0 aromatic heterocycles. The van der Waals surface area contributed by atoms with Crippen molar-refractivity contribution in [1.29, 1.82) is 0 Å². The SMILES string of the molecule is CCC(O)(CC)C(C)=NC.[Tm]. The molecule has 0 atom stereocenters. The van der Waals surface area contributed by atoms with Crippen LogP contribution in [-0.4, -0.2) is 23.5 Å². The van der Waals surface area contributed by atoms with E-state index in [1.54, 1.807) is 7.05 Å². The van der Waals surface area contributed by atoms with E-state index in [-0.39, 0.29) is 36.9 Å². The molecule has 2 nitrogen and oxygen atoms in total. The van der Waals surface area contributed by atoms with Gasteiger partial charge in [-0.2, -0.15) is 0 Å². The number of aliphatic imine (C=N–C) groups is 1. The molecule has 0 unspecified atom stereocenters. The van der Waals surface area contributed by atoms with Crippen LogP contribution in [0.25, 0.3) is 0 Å². The van der Waals surface area contributed by atoms with Gasteiger partial charge in [-0.15, -0.1) is 0 Å². The van der Waals surface area contributed by atoms with Gasteiger partial charge in [-0.3, -0.25) is 4.99 Å². The van der Waals surface area contributed by atoms with Crippen LogP contribution in [0.1, 0.15) is 33.6 Å². The number of aliphatic hydroxyl groups is 1. The molecule has 0 aliphatic heterocycles. The van der Waals surface area contributed by atoms with Crippen LogP contribution < -0.4 is 0 Å². The molecule has 0 aromatic carbocycles. The summed E-state index contributed by atoms with van der Waals surface area (Å²) in [6.07, 6.45) is 1.49. The molecule has 73 valence electrons. The second-order valence-electron chi connectivity index (χ2n) is 2.55. The third-order valence-electron chi connectivity index (χ3n) is 2.18. The van der Waals surface area contributed by atoms with E-state index in [0.717, 1.165) is 18.6 Å². The van der Waals surface area contributed by atoms with Crippen molar-refractivity contribution in [2.24, 2.45) is 4.99 Å². The molecule has 0 bridgehead atoms. The molecular formula is C8H17NOTm. The van der Waals surface area contributed by atoms with Crippen LogP contribution in [0.3, 0.4) is 0 Å². The number of nitrogens with zero attached hydrogens (tertiary/aromatic N) is 1. The summed E-state index contributed by atoms with van der Waals surface area (Å²) in [4.78, 5) is 3.97. The van der Waals surface area contributed by atoms with E-state index in [1.807, 2.05) is 20.8 Å². The van der Waals surface area contributed by atoms with E-state index < -0.39 is 5.60 Å². The molecule has 0 spiro atoms. The van der Waals surface area contributed by atoms with Crippen molar-refractivity contribution in [3.63, 3.8) is 0 Å². The third-order valence-corrected chi connectivity index (χ3v) is 2.18. The van der Waals surface area contributed by atoms with Gasteiger partial charge in [0.1, 0.15) is 5.60 Å². The van der Waals surface area contributed by atoms with Crippen molar-refractivity contribution in [2.75, 3.05) is 7.05 Å². The zero-order valence-electron chi connectivity index (χ0n) is 7.59. The van der Waals surface area contributed by atoms with Crippen LogP contribution in [0.15, 0.2) is 4.99 Å². The molecule has 0 amide bonds. The quantitative estimate of drug-likeness (QED) is 0.790. The molecule has 0 fully saturated rings. The number of hydrogen-bond acceptors (Lipinski definition) is 2. The predicted octanol–water partition coefficient (Wildman–Crippen LogP) is 1.63. The summed E-state index contributed by atoms with van der Waals surface area (Å²) in [5, 5.41) is 9.77. The van der Waals surface area contributed by atoms with Crippen LogP contribution in [0.2, 0.25) is 0 Å². The van der Waals surface area contributed by atoms with E-state index in [9.17, 15) is 5.11 Å². The monoisotopic (exact) mass is 312 g/mol. The van der Waals surface area contributed by atoms with Crippen LogP contribution in [0.5, 0.6) is 0 Å². The van der Waals surface area contributed by atoms with Gasteiger partial charge in [0.15, 0.2) is 0 Å². The minimum absolute atomic E-state index is 0. The van der Waals surface area contributed by atoms with Crippen molar-refractivity contribution >= 4 is 5.71 Å². The maximum absolute atomic E-state index is 9.77. The minimum Gasteiger partial charge on any atom is -0.384 e. The van der Waals surface area contributed by atoms with E-state index >= 15 is 0 Å². The Labute approximate surface area is 98.3 Å². The molecule has 1 N–H and O–H groups in total. The fraction of sp³-hybridized carbons (Fsp3) is 0.875. The van der Waals surface area contributed by atoms with Crippen molar-refractivity contribution in [1.82, 2.24) is 0 Å². The van der Waals surface area contributed by atoms with E-state index in [2.05, 4.69) is 4.99 Å². The van der Waals surface area contributed by atoms with Gasteiger partial charge >= 0.3 is 0 Å². The molecule has 0 heterocycles. The second kappa shape index (κ2) is 6.39. The van der Waals surface area contributed by atoms with Gasteiger partial charge in [-0.25, -0.2) is 0 Å². The van der Waals surface area contributed by atoms with Crippen molar-refractivity contribution in [2.45, 2.75) is 39.2 Å². The van der Waals surface area contributed by atoms with Gasteiger partial charge in [0, 0.05) is 49.6 Å². The first-order valence-corrected chi connectivity index (χ1v) is 3.77. The number of hydrogen-bond donors (Lipinski definition) is 1. The Morgan fingerprint density at radius 1 is 1.36 bits per heavy atom. The third kappa shape index (κ3) is 3.86. The van der Waals surface area contributed by atoms with Crippen LogP contribution >= 0.6 is 0 Å². The smallest absolute Gasteiger partial charge is 0.101 e. The Bertz CT molecular complexity index is 130. The second-order valence-corrected chi connectivity index (χ2v) is 2.55. The van der Waals surface area contributed by atoms with Crippen LogP contribution in [0, 0.1) is 36.9 Å². The standard InChI is InChI=1S/C8H17NO.Tm/c1-5-8(10,6-2)7(3)9-4;/h10H,5-6H2,1-4H3;. The first-order valence-electron chi connectivity index (χ1n) is 3.77. The van der Waals surface area contributed by atoms with Gasteiger partial charge in [0.2, 0.25) is 0 Å². The first kappa shape index (κ1) is 14.4. The van der Waals surface area contributed by atoms with E-state index in [4.69, 9.17) is 0 Å². The number of rotatable bonds is 3. The summed E-state index contributed by atoms with van der Waals surface area (Å²) in [5.74, 6) is 0. The zero-order chi connectivity index (χ0) is 8.20. The van der Waals surface area contributed by atoms with Crippen LogP contribution in [-0.2, 0) is 0 Å². The molecule has 11 heavy (non-hydrogen) atoms. The summed E-state index contributed by atoms with van der Waals surface area (Å²) in [6.45, 7) is 5.81. The van der Waals surface area contributed by atoms with Gasteiger partial charge < -0.3 is 5.11 Å². The average molecular weight is 312 g/mol. The molecular weight excluding hydrogens is 295 g/mol. The van der Waals surface area contributed by atoms with E-state index in [0.29, 0.717) is 0 Å². The summed E-state index contributed by atoms with van der Waals surface area (Å²) >= 11 is 0. The molecule has 1 radical (unpaired) electrons. The molecule has 0 aliphatic carbocycles. The van der Waals surface area contributed by atoms with Gasteiger partial charge in [-0.1, -0.05) is 13.8 Å². The Kier molecular flexibility index (Phi) is 8.36. The normalized spacial score (nSPS) is 12.6.